The standard InChI is InChI=1S/C29H38O5/c1-27-18-24(19-3-6-21(30-2)7-4-19)26-22-9-11-28(31-13-14-32-28)17-20(22)5-8-23(26)25(27)10-12-29(27)33-15-16-34-29/h3-7,22-26H,8-18H2,1-2H3/t22-,23-,24+,25-,26+,27-/m0/s1. The molecule has 0 N–H and O–H groups in total. The van der Waals surface area contributed by atoms with Crippen molar-refractivity contribution in [3.63, 3.8) is 0 Å². The third-order valence-corrected chi connectivity index (χ3v) is 10.6. The van der Waals surface area contributed by atoms with E-state index < -0.39 is 0 Å². The summed E-state index contributed by atoms with van der Waals surface area (Å²) in [5, 5.41) is 0. The van der Waals surface area contributed by atoms with Crippen molar-refractivity contribution in [1.82, 2.24) is 0 Å². The van der Waals surface area contributed by atoms with Crippen LogP contribution in [-0.2, 0) is 18.9 Å². The fraction of sp³-hybridized carbons (Fsp3) is 0.724. The Balaban J connectivity index is 1.29. The lowest BCUT2D eigenvalue weighted by Gasteiger charge is -2.58. The molecule has 0 bridgehead atoms. The highest BCUT2D eigenvalue weighted by Crippen LogP contribution is 2.69. The van der Waals surface area contributed by atoms with Crippen LogP contribution in [0.25, 0.3) is 0 Å². The van der Waals surface area contributed by atoms with Crippen molar-refractivity contribution in [3.05, 3.63) is 41.5 Å². The molecule has 5 heteroatoms. The number of allylic oxidation sites excluding steroid dienone is 1. The maximum absolute atomic E-state index is 6.45. The second kappa shape index (κ2) is 7.80. The topological polar surface area (TPSA) is 46.2 Å². The third kappa shape index (κ3) is 3.00. The number of benzene rings is 1. The molecule has 3 saturated carbocycles. The Hall–Kier alpha value is -1.40. The van der Waals surface area contributed by atoms with Gasteiger partial charge in [-0.05, 0) is 73.0 Å². The molecule has 184 valence electrons. The summed E-state index contributed by atoms with van der Waals surface area (Å²) in [5.74, 6) is 3.28. The molecule has 2 saturated heterocycles. The number of ether oxygens (including phenoxy) is 5. The fourth-order valence-electron chi connectivity index (χ4n) is 9.19. The lowest BCUT2D eigenvalue weighted by atomic mass is 9.48. The maximum Gasteiger partial charge on any atom is 0.174 e. The van der Waals surface area contributed by atoms with E-state index in [1.54, 1.807) is 12.7 Å². The molecule has 5 nitrogen and oxygen atoms in total. The summed E-state index contributed by atoms with van der Waals surface area (Å²) in [6.45, 7) is 5.43. The van der Waals surface area contributed by atoms with E-state index in [-0.39, 0.29) is 17.0 Å². The van der Waals surface area contributed by atoms with Crippen LogP contribution in [-0.4, -0.2) is 45.1 Å². The van der Waals surface area contributed by atoms with Gasteiger partial charge >= 0.3 is 0 Å². The lowest BCUT2D eigenvalue weighted by molar-refractivity contribution is -0.243. The van der Waals surface area contributed by atoms with E-state index in [2.05, 4.69) is 37.3 Å². The largest absolute Gasteiger partial charge is 0.497 e. The van der Waals surface area contributed by atoms with Gasteiger partial charge in [0.15, 0.2) is 11.6 Å². The van der Waals surface area contributed by atoms with Crippen LogP contribution in [0.4, 0.5) is 0 Å². The molecule has 2 aliphatic heterocycles. The van der Waals surface area contributed by atoms with E-state index in [4.69, 9.17) is 23.7 Å². The Morgan fingerprint density at radius 2 is 1.62 bits per heavy atom. The van der Waals surface area contributed by atoms with Crippen molar-refractivity contribution >= 4 is 0 Å². The van der Waals surface area contributed by atoms with E-state index in [0.29, 0.717) is 29.6 Å². The highest BCUT2D eigenvalue weighted by atomic mass is 16.7. The normalized spacial score (nSPS) is 41.7. The minimum Gasteiger partial charge on any atom is -0.497 e. The van der Waals surface area contributed by atoms with Gasteiger partial charge in [-0.2, -0.15) is 0 Å². The molecule has 4 aliphatic carbocycles. The molecule has 0 amide bonds. The van der Waals surface area contributed by atoms with Gasteiger partial charge in [0.05, 0.1) is 33.5 Å². The van der Waals surface area contributed by atoms with Crippen LogP contribution in [0.3, 0.4) is 0 Å². The van der Waals surface area contributed by atoms with Crippen LogP contribution in [0.5, 0.6) is 5.75 Å². The zero-order valence-corrected chi connectivity index (χ0v) is 20.6. The van der Waals surface area contributed by atoms with Gasteiger partial charge in [0.1, 0.15) is 5.75 Å². The van der Waals surface area contributed by atoms with Crippen molar-refractivity contribution in [3.8, 4) is 5.75 Å². The summed E-state index contributed by atoms with van der Waals surface area (Å²) in [4.78, 5) is 0. The van der Waals surface area contributed by atoms with E-state index in [9.17, 15) is 0 Å². The number of hydrogen-bond acceptors (Lipinski definition) is 5. The van der Waals surface area contributed by atoms with E-state index >= 15 is 0 Å². The van der Waals surface area contributed by atoms with Gasteiger partial charge in [-0.1, -0.05) is 30.7 Å². The molecule has 6 aliphatic rings. The second-order valence-electron chi connectivity index (χ2n) is 11.8. The summed E-state index contributed by atoms with van der Waals surface area (Å²) < 4.78 is 30.7. The van der Waals surface area contributed by atoms with Crippen molar-refractivity contribution in [2.75, 3.05) is 33.5 Å². The summed E-state index contributed by atoms with van der Waals surface area (Å²) in [6.07, 6.45) is 10.3. The SMILES string of the molecule is COc1ccc([C@H]2C[C@@]3(C)[C@@H](CCC34OCCO4)[C@@H]3CC=C4CC5(CC[C@@H]4[C@H]32)OCCO5)cc1. The smallest absolute Gasteiger partial charge is 0.174 e. The van der Waals surface area contributed by atoms with Crippen LogP contribution in [0.1, 0.15) is 63.4 Å². The van der Waals surface area contributed by atoms with Gasteiger partial charge in [0, 0.05) is 24.7 Å². The average Bonchev–Trinajstić information content (AvgIpc) is 3.59. The number of rotatable bonds is 2. The fourth-order valence-corrected chi connectivity index (χ4v) is 9.19. The molecule has 2 spiro atoms. The second-order valence-corrected chi connectivity index (χ2v) is 11.8. The maximum atomic E-state index is 6.45. The Labute approximate surface area is 203 Å². The molecule has 1 aromatic rings. The molecular formula is C29H38O5. The first-order chi connectivity index (χ1) is 16.6. The lowest BCUT2D eigenvalue weighted by Crippen LogP contribution is -2.55. The molecule has 2 heterocycles. The zero-order chi connectivity index (χ0) is 23.0. The van der Waals surface area contributed by atoms with E-state index in [1.807, 2.05) is 0 Å². The highest BCUT2D eigenvalue weighted by molar-refractivity contribution is 5.34. The van der Waals surface area contributed by atoms with Crippen LogP contribution in [0, 0.1) is 29.1 Å². The predicted octanol–water partition coefficient (Wildman–Crippen LogP) is 5.45. The Morgan fingerprint density at radius 1 is 0.882 bits per heavy atom. The third-order valence-electron chi connectivity index (χ3n) is 10.6. The Bertz CT molecular complexity index is 957. The van der Waals surface area contributed by atoms with E-state index in [0.717, 1.165) is 64.3 Å². The number of hydrogen-bond donors (Lipinski definition) is 0. The van der Waals surface area contributed by atoms with E-state index in [1.165, 1.54) is 18.4 Å². The monoisotopic (exact) mass is 466 g/mol. The molecule has 5 fully saturated rings. The van der Waals surface area contributed by atoms with Gasteiger partial charge in [0.25, 0.3) is 0 Å². The van der Waals surface area contributed by atoms with Gasteiger partial charge in [-0.15, -0.1) is 0 Å². The van der Waals surface area contributed by atoms with Crippen LogP contribution in [0.15, 0.2) is 35.9 Å². The average molecular weight is 467 g/mol. The highest BCUT2D eigenvalue weighted by Gasteiger charge is 2.67. The first-order valence-electron chi connectivity index (χ1n) is 13.5. The minimum atomic E-state index is -0.389. The van der Waals surface area contributed by atoms with Gasteiger partial charge in [-0.25, -0.2) is 0 Å². The van der Waals surface area contributed by atoms with Gasteiger partial charge in [0.2, 0.25) is 0 Å². The quantitative estimate of drug-likeness (QED) is 0.543. The zero-order valence-electron chi connectivity index (χ0n) is 20.6. The summed E-state index contributed by atoms with van der Waals surface area (Å²) in [7, 11) is 1.75. The van der Waals surface area contributed by atoms with Crippen molar-refractivity contribution < 1.29 is 23.7 Å². The van der Waals surface area contributed by atoms with Crippen molar-refractivity contribution in [2.24, 2.45) is 29.1 Å². The summed E-state index contributed by atoms with van der Waals surface area (Å²) in [5.41, 5.74) is 3.09. The van der Waals surface area contributed by atoms with Crippen molar-refractivity contribution in [1.29, 1.82) is 0 Å². The van der Waals surface area contributed by atoms with Crippen LogP contribution < -0.4 is 4.74 Å². The molecule has 7 rings (SSSR count). The predicted molar refractivity (Wildman–Crippen MR) is 127 cm³/mol. The summed E-state index contributed by atoms with van der Waals surface area (Å²) >= 11 is 0. The number of fused-ring (bicyclic) bond motifs is 6. The first-order valence-corrected chi connectivity index (χ1v) is 13.5. The molecule has 0 radical (unpaired) electrons. The molecular weight excluding hydrogens is 428 g/mol. The van der Waals surface area contributed by atoms with Gasteiger partial charge in [-0.3, -0.25) is 0 Å². The van der Waals surface area contributed by atoms with Crippen LogP contribution in [0.2, 0.25) is 0 Å². The molecule has 0 unspecified atom stereocenters. The number of methoxy groups -OCH3 is 1. The summed E-state index contributed by atoms with van der Waals surface area (Å²) in [6, 6.07) is 8.91. The Morgan fingerprint density at radius 3 is 2.35 bits per heavy atom. The minimum absolute atomic E-state index is 0.0498. The van der Waals surface area contributed by atoms with Crippen molar-refractivity contribution in [2.45, 2.75) is 69.4 Å². The van der Waals surface area contributed by atoms with Crippen LogP contribution >= 0.6 is 0 Å². The van der Waals surface area contributed by atoms with Gasteiger partial charge < -0.3 is 23.7 Å². The Kier molecular flexibility index (Phi) is 5.01. The molecule has 0 aromatic heterocycles. The molecule has 34 heavy (non-hydrogen) atoms. The molecule has 1 aromatic carbocycles. The first kappa shape index (κ1) is 21.8. The molecule has 6 atom stereocenters.